The number of rotatable bonds is 4. The fourth-order valence-corrected chi connectivity index (χ4v) is 1.35. The van der Waals surface area contributed by atoms with Crippen molar-refractivity contribution in [3.63, 3.8) is 0 Å². The van der Waals surface area contributed by atoms with E-state index in [9.17, 15) is 0 Å². The summed E-state index contributed by atoms with van der Waals surface area (Å²) in [5.41, 5.74) is 10.3. The van der Waals surface area contributed by atoms with Crippen molar-refractivity contribution in [1.82, 2.24) is 5.53 Å². The molecule has 0 heterocycles. The van der Waals surface area contributed by atoms with Gasteiger partial charge in [0.1, 0.15) is 5.84 Å². The van der Waals surface area contributed by atoms with Crippen LogP contribution >= 0.6 is 0 Å². The van der Waals surface area contributed by atoms with Crippen LogP contribution in [0.2, 0.25) is 0 Å². The van der Waals surface area contributed by atoms with E-state index in [1.807, 2.05) is 0 Å². The molecule has 82 valence electrons. The Morgan fingerprint density at radius 1 is 1.33 bits per heavy atom. The van der Waals surface area contributed by atoms with Crippen LogP contribution in [0.1, 0.15) is 30.9 Å². The third-order valence-corrected chi connectivity index (χ3v) is 2.24. The molecule has 5 N–H and O–H groups in total. The van der Waals surface area contributed by atoms with Crippen LogP contribution in [0.4, 0.5) is 0 Å². The van der Waals surface area contributed by atoms with Gasteiger partial charge < -0.3 is 5.73 Å². The van der Waals surface area contributed by atoms with Gasteiger partial charge in [-0.1, -0.05) is 38.1 Å². The number of benzene rings is 1. The molecule has 0 atom stereocenters. The highest BCUT2D eigenvalue weighted by Crippen LogP contribution is 2.14. The summed E-state index contributed by atoms with van der Waals surface area (Å²) in [5.74, 6) is 6.06. The molecule has 0 aliphatic rings. The first-order valence-corrected chi connectivity index (χ1v) is 5.00. The zero-order valence-electron chi connectivity index (χ0n) is 9.20. The average Bonchev–Trinajstić information content (AvgIpc) is 2.18. The molecule has 0 radical (unpaired) electrons. The van der Waals surface area contributed by atoms with Crippen LogP contribution in [0.25, 0.3) is 0 Å². The molecule has 1 aromatic carbocycles. The predicted octanol–water partition coefficient (Wildman–Crippen LogP) is 1.09. The second-order valence-corrected chi connectivity index (χ2v) is 3.81. The summed E-state index contributed by atoms with van der Waals surface area (Å²) in [5, 5.41) is 3.70. The maximum atomic E-state index is 5.62. The largest absolute Gasteiger partial charge is 0.385 e. The van der Waals surface area contributed by atoms with E-state index < -0.39 is 0 Å². The number of hydrazine groups is 1. The first kappa shape index (κ1) is 11.5. The lowest BCUT2D eigenvalue weighted by Crippen LogP contribution is -2.23. The Hall–Kier alpha value is -1.55. The quantitative estimate of drug-likeness (QED) is 0.299. The highest BCUT2D eigenvalue weighted by molar-refractivity contribution is 5.82. The number of amidine groups is 1. The van der Waals surface area contributed by atoms with Crippen LogP contribution in [-0.4, -0.2) is 5.84 Å². The van der Waals surface area contributed by atoms with Crippen LogP contribution in [0, 0.1) is 0 Å². The topological polar surface area (TPSA) is 76.4 Å². The van der Waals surface area contributed by atoms with E-state index in [-0.39, 0.29) is 0 Å². The third kappa shape index (κ3) is 3.59. The van der Waals surface area contributed by atoms with Crippen LogP contribution in [0.5, 0.6) is 0 Å². The Kier molecular flexibility index (Phi) is 4.12. The molecule has 0 aliphatic heterocycles. The Balaban J connectivity index is 2.68. The maximum Gasteiger partial charge on any atom is 0.125 e. The highest BCUT2D eigenvalue weighted by atomic mass is 15.5. The molecule has 0 bridgehead atoms. The van der Waals surface area contributed by atoms with Crippen molar-refractivity contribution < 1.29 is 0 Å². The summed E-state index contributed by atoms with van der Waals surface area (Å²) in [7, 11) is 0. The van der Waals surface area contributed by atoms with Gasteiger partial charge >= 0.3 is 0 Å². The minimum Gasteiger partial charge on any atom is -0.385 e. The summed E-state index contributed by atoms with van der Waals surface area (Å²) in [6.45, 7) is 4.34. The van der Waals surface area contributed by atoms with E-state index in [1.165, 1.54) is 5.56 Å². The fourth-order valence-electron chi connectivity index (χ4n) is 1.35. The fraction of sp³-hybridized carbons (Fsp3) is 0.364. The Bertz CT molecular complexity index is 327. The zero-order chi connectivity index (χ0) is 11.3. The first-order chi connectivity index (χ1) is 7.13. The second-order valence-electron chi connectivity index (χ2n) is 3.81. The van der Waals surface area contributed by atoms with Gasteiger partial charge in [-0.25, -0.2) is 11.4 Å². The van der Waals surface area contributed by atoms with Gasteiger partial charge in [-0.3, -0.25) is 0 Å². The van der Waals surface area contributed by atoms with E-state index in [2.05, 4.69) is 48.7 Å². The standard InChI is InChI=1S/C11H18N4/c1-8(2)10-5-3-9(4-6-10)7-11(12)14-15-13/h3-6,8,15H,7,13H2,1-2H3,(H2,12,14). The van der Waals surface area contributed by atoms with E-state index in [0.717, 1.165) is 5.56 Å². The van der Waals surface area contributed by atoms with Gasteiger partial charge in [0.2, 0.25) is 0 Å². The molecular weight excluding hydrogens is 188 g/mol. The molecule has 0 unspecified atom stereocenters. The molecule has 0 aliphatic carbocycles. The molecule has 4 heteroatoms. The molecule has 1 aromatic rings. The van der Waals surface area contributed by atoms with E-state index in [4.69, 9.17) is 11.6 Å². The van der Waals surface area contributed by atoms with Crippen molar-refractivity contribution in [2.24, 2.45) is 16.7 Å². The number of hydrogen-bond donors (Lipinski definition) is 3. The Labute approximate surface area is 90.3 Å². The van der Waals surface area contributed by atoms with Gasteiger partial charge in [0.15, 0.2) is 0 Å². The van der Waals surface area contributed by atoms with Crippen LogP contribution in [0.3, 0.4) is 0 Å². The maximum absolute atomic E-state index is 5.62. The zero-order valence-corrected chi connectivity index (χ0v) is 9.20. The van der Waals surface area contributed by atoms with Gasteiger partial charge in [-0.05, 0) is 17.0 Å². The molecule has 0 amide bonds. The monoisotopic (exact) mass is 206 g/mol. The predicted molar refractivity (Wildman–Crippen MR) is 63.2 cm³/mol. The summed E-state index contributed by atoms with van der Waals surface area (Å²) in [6, 6.07) is 8.36. The summed E-state index contributed by atoms with van der Waals surface area (Å²) in [4.78, 5) is 0. The minimum atomic E-state index is 0.481. The number of hydrogen-bond acceptors (Lipinski definition) is 3. The average molecular weight is 206 g/mol. The Morgan fingerprint density at radius 3 is 2.40 bits per heavy atom. The number of nitrogens with zero attached hydrogens (tertiary/aromatic N) is 1. The van der Waals surface area contributed by atoms with Crippen molar-refractivity contribution in [3.8, 4) is 0 Å². The molecular formula is C11H18N4. The smallest absolute Gasteiger partial charge is 0.125 e. The van der Waals surface area contributed by atoms with Crippen molar-refractivity contribution >= 4 is 5.84 Å². The van der Waals surface area contributed by atoms with Gasteiger partial charge in [0, 0.05) is 6.42 Å². The third-order valence-electron chi connectivity index (χ3n) is 2.24. The molecule has 15 heavy (non-hydrogen) atoms. The molecule has 0 aromatic heterocycles. The lowest BCUT2D eigenvalue weighted by atomic mass is 10.0. The van der Waals surface area contributed by atoms with Crippen LogP contribution < -0.4 is 17.1 Å². The normalized spacial score (nSPS) is 11.9. The number of hydrazone groups is 1. The molecule has 0 saturated carbocycles. The summed E-state index contributed by atoms with van der Waals surface area (Å²) >= 11 is 0. The van der Waals surface area contributed by atoms with Crippen molar-refractivity contribution in [3.05, 3.63) is 35.4 Å². The highest BCUT2D eigenvalue weighted by Gasteiger charge is 2.00. The summed E-state index contributed by atoms with van der Waals surface area (Å²) in [6.07, 6.45) is 0.614. The number of nitrogens with two attached hydrogens (primary N) is 2. The minimum absolute atomic E-state index is 0.481. The molecule has 0 saturated heterocycles. The van der Waals surface area contributed by atoms with Crippen molar-refractivity contribution in [2.75, 3.05) is 0 Å². The van der Waals surface area contributed by atoms with Gasteiger partial charge in [-0.2, -0.15) is 5.10 Å². The van der Waals surface area contributed by atoms with Gasteiger partial charge in [0.25, 0.3) is 0 Å². The van der Waals surface area contributed by atoms with E-state index in [1.54, 1.807) is 0 Å². The van der Waals surface area contributed by atoms with Crippen LogP contribution in [0.15, 0.2) is 29.4 Å². The van der Waals surface area contributed by atoms with Gasteiger partial charge in [0.05, 0.1) is 0 Å². The molecule has 0 spiro atoms. The molecule has 4 nitrogen and oxygen atoms in total. The summed E-state index contributed by atoms with van der Waals surface area (Å²) < 4.78 is 0. The van der Waals surface area contributed by atoms with Crippen molar-refractivity contribution in [2.45, 2.75) is 26.2 Å². The van der Waals surface area contributed by atoms with Crippen molar-refractivity contribution in [1.29, 1.82) is 0 Å². The Morgan fingerprint density at radius 2 is 1.93 bits per heavy atom. The second kappa shape index (κ2) is 5.36. The molecule has 0 fully saturated rings. The SMILES string of the molecule is CC(C)c1ccc(C/C(N)=N/NN)cc1. The van der Waals surface area contributed by atoms with E-state index >= 15 is 0 Å². The molecule has 1 rings (SSSR count). The van der Waals surface area contributed by atoms with Crippen LogP contribution in [-0.2, 0) is 6.42 Å². The lowest BCUT2D eigenvalue weighted by molar-refractivity contribution is 0.798. The van der Waals surface area contributed by atoms with Gasteiger partial charge in [-0.15, -0.1) is 0 Å². The lowest BCUT2D eigenvalue weighted by Gasteiger charge is -2.06. The first-order valence-electron chi connectivity index (χ1n) is 5.00. The number of nitrogens with one attached hydrogen (secondary N) is 1. The van der Waals surface area contributed by atoms with E-state index in [0.29, 0.717) is 18.2 Å².